The lowest BCUT2D eigenvalue weighted by atomic mass is 10.3. The van der Waals surface area contributed by atoms with Crippen LogP contribution in [-0.4, -0.2) is 21.0 Å². The second-order valence-electron chi connectivity index (χ2n) is 2.56. The first kappa shape index (κ1) is 7.72. The molecular weight excluding hydrogens is 172 g/mol. The molecule has 0 amide bonds. The molecule has 0 fully saturated rings. The smallest absolute Gasteiger partial charge is 0.311 e. The Labute approximate surface area is 73.0 Å². The maximum absolute atomic E-state index is 10.3. The molecule has 2 aromatic rings. The molecule has 0 spiro atoms. The summed E-state index contributed by atoms with van der Waals surface area (Å²) in [7, 11) is 0. The van der Waals surface area contributed by atoms with Gasteiger partial charge in [-0.3, -0.25) is 4.79 Å². The Balaban J connectivity index is 2.44. The normalized spacial score (nSPS) is 10.5. The molecule has 0 atom stereocenters. The average molecular weight is 178 g/mol. The van der Waals surface area contributed by atoms with E-state index in [1.807, 2.05) is 0 Å². The Kier molecular flexibility index (Phi) is 1.70. The molecule has 0 saturated heterocycles. The first-order valence-corrected chi connectivity index (χ1v) is 3.66. The summed E-state index contributed by atoms with van der Waals surface area (Å²) in [5, 5.41) is 8.50. The van der Waals surface area contributed by atoms with Gasteiger partial charge >= 0.3 is 5.97 Å². The van der Waals surface area contributed by atoms with E-state index in [0.717, 1.165) is 0 Å². The second-order valence-corrected chi connectivity index (χ2v) is 2.56. The molecule has 66 valence electrons. The van der Waals surface area contributed by atoms with Gasteiger partial charge in [0.25, 0.3) is 0 Å². The predicted molar refractivity (Wildman–Crippen MR) is 43.1 cm³/mol. The van der Waals surface area contributed by atoms with Gasteiger partial charge in [0.15, 0.2) is 5.58 Å². The topological polar surface area (TPSA) is 76.2 Å². The van der Waals surface area contributed by atoms with Crippen molar-refractivity contribution in [2.45, 2.75) is 6.42 Å². The molecule has 2 aromatic heterocycles. The summed E-state index contributed by atoms with van der Waals surface area (Å²) in [6.07, 6.45) is 2.77. The molecule has 0 radical (unpaired) electrons. The molecule has 0 unspecified atom stereocenters. The van der Waals surface area contributed by atoms with Crippen molar-refractivity contribution in [1.82, 2.24) is 9.97 Å². The lowest BCUT2D eigenvalue weighted by Gasteiger charge is -1.86. The van der Waals surface area contributed by atoms with Crippen LogP contribution in [0.3, 0.4) is 0 Å². The zero-order valence-electron chi connectivity index (χ0n) is 6.60. The summed E-state index contributed by atoms with van der Waals surface area (Å²) < 4.78 is 5.17. The Morgan fingerprint density at radius 3 is 3.15 bits per heavy atom. The van der Waals surface area contributed by atoms with Crippen molar-refractivity contribution in [2.24, 2.45) is 0 Å². The van der Waals surface area contributed by atoms with Gasteiger partial charge in [0.05, 0.1) is 6.20 Å². The van der Waals surface area contributed by atoms with Crippen molar-refractivity contribution in [1.29, 1.82) is 0 Å². The van der Waals surface area contributed by atoms with Crippen LogP contribution in [0.25, 0.3) is 11.1 Å². The maximum Gasteiger partial charge on any atom is 0.311 e. The van der Waals surface area contributed by atoms with Crippen LogP contribution in [0.4, 0.5) is 0 Å². The molecule has 2 heterocycles. The third-order valence-corrected chi connectivity index (χ3v) is 1.57. The van der Waals surface area contributed by atoms with Crippen molar-refractivity contribution >= 4 is 17.1 Å². The van der Waals surface area contributed by atoms with E-state index >= 15 is 0 Å². The van der Waals surface area contributed by atoms with E-state index in [1.165, 1.54) is 12.5 Å². The number of carbonyl (C=O) groups is 1. The Hall–Kier alpha value is -1.91. The molecule has 0 bridgehead atoms. The van der Waals surface area contributed by atoms with Crippen LogP contribution in [0.2, 0.25) is 0 Å². The minimum absolute atomic E-state index is 0.129. The molecule has 1 N–H and O–H groups in total. The third-order valence-electron chi connectivity index (χ3n) is 1.57. The van der Waals surface area contributed by atoms with Crippen molar-refractivity contribution < 1.29 is 14.3 Å². The first-order valence-electron chi connectivity index (χ1n) is 3.66. The van der Waals surface area contributed by atoms with Crippen molar-refractivity contribution in [3.05, 3.63) is 24.4 Å². The standard InChI is InChI=1S/C8H6N2O3/c11-8(12)2-5-1-6-7(13-5)3-9-4-10-6/h1,3-4H,2H2,(H,11,12). The number of carboxylic acid groups (broad SMARTS) is 1. The number of nitrogens with zero attached hydrogens (tertiary/aromatic N) is 2. The molecule has 0 aliphatic carbocycles. The lowest BCUT2D eigenvalue weighted by Crippen LogP contribution is -1.97. The highest BCUT2D eigenvalue weighted by molar-refractivity contribution is 5.75. The molecular formula is C8H6N2O3. The summed E-state index contributed by atoms with van der Waals surface area (Å²) in [5.41, 5.74) is 1.14. The summed E-state index contributed by atoms with van der Waals surface area (Å²) >= 11 is 0. The molecule has 5 nitrogen and oxygen atoms in total. The number of hydrogen-bond donors (Lipinski definition) is 1. The number of aliphatic carboxylic acids is 1. The minimum Gasteiger partial charge on any atom is -0.481 e. The van der Waals surface area contributed by atoms with Crippen LogP contribution >= 0.6 is 0 Å². The van der Waals surface area contributed by atoms with Crippen molar-refractivity contribution in [2.75, 3.05) is 0 Å². The van der Waals surface area contributed by atoms with E-state index in [-0.39, 0.29) is 6.42 Å². The average Bonchev–Trinajstić information content (AvgIpc) is 2.44. The number of carboxylic acids is 1. The maximum atomic E-state index is 10.3. The summed E-state index contributed by atoms with van der Waals surface area (Å²) in [4.78, 5) is 18.0. The monoisotopic (exact) mass is 178 g/mol. The molecule has 5 heteroatoms. The Morgan fingerprint density at radius 1 is 1.62 bits per heavy atom. The highest BCUT2D eigenvalue weighted by atomic mass is 16.4. The van der Waals surface area contributed by atoms with Gasteiger partial charge in [0, 0.05) is 6.07 Å². The zero-order valence-corrected chi connectivity index (χ0v) is 6.60. The van der Waals surface area contributed by atoms with Crippen LogP contribution in [0.1, 0.15) is 5.76 Å². The largest absolute Gasteiger partial charge is 0.481 e. The zero-order chi connectivity index (χ0) is 9.26. The van der Waals surface area contributed by atoms with E-state index in [9.17, 15) is 4.79 Å². The molecule has 0 aliphatic heterocycles. The van der Waals surface area contributed by atoms with Crippen LogP contribution in [-0.2, 0) is 11.2 Å². The summed E-state index contributed by atoms with van der Waals surface area (Å²) in [6.45, 7) is 0. The van der Waals surface area contributed by atoms with E-state index in [0.29, 0.717) is 16.9 Å². The van der Waals surface area contributed by atoms with E-state index in [4.69, 9.17) is 9.52 Å². The molecule has 0 aliphatic rings. The first-order chi connectivity index (χ1) is 6.25. The lowest BCUT2D eigenvalue weighted by molar-refractivity contribution is -0.136. The molecule has 13 heavy (non-hydrogen) atoms. The number of hydrogen-bond acceptors (Lipinski definition) is 4. The van der Waals surface area contributed by atoms with E-state index < -0.39 is 5.97 Å². The highest BCUT2D eigenvalue weighted by Crippen LogP contribution is 2.15. The van der Waals surface area contributed by atoms with Gasteiger partial charge in [0.2, 0.25) is 0 Å². The number of rotatable bonds is 2. The van der Waals surface area contributed by atoms with Gasteiger partial charge in [-0.2, -0.15) is 0 Å². The van der Waals surface area contributed by atoms with Crippen LogP contribution in [0, 0.1) is 0 Å². The third kappa shape index (κ3) is 1.48. The predicted octanol–water partition coefficient (Wildman–Crippen LogP) is 0.850. The van der Waals surface area contributed by atoms with Crippen molar-refractivity contribution in [3.8, 4) is 0 Å². The SMILES string of the molecule is O=C(O)Cc1cc2ncncc2o1. The Bertz CT molecular complexity index is 416. The molecule has 0 saturated carbocycles. The molecule has 2 rings (SSSR count). The van der Waals surface area contributed by atoms with Crippen LogP contribution in [0.15, 0.2) is 23.0 Å². The number of furan rings is 1. The second kappa shape index (κ2) is 2.85. The summed E-state index contributed by atoms with van der Waals surface area (Å²) in [6, 6.07) is 1.60. The van der Waals surface area contributed by atoms with Gasteiger partial charge in [-0.25, -0.2) is 9.97 Å². The number of fused-ring (bicyclic) bond motifs is 1. The van der Waals surface area contributed by atoms with Gasteiger partial charge in [0.1, 0.15) is 24.0 Å². The van der Waals surface area contributed by atoms with Gasteiger partial charge in [-0.15, -0.1) is 0 Å². The summed E-state index contributed by atoms with van der Waals surface area (Å²) in [5.74, 6) is -0.532. The van der Waals surface area contributed by atoms with E-state index in [1.54, 1.807) is 6.07 Å². The van der Waals surface area contributed by atoms with Gasteiger partial charge < -0.3 is 9.52 Å². The number of aromatic nitrogens is 2. The van der Waals surface area contributed by atoms with Crippen molar-refractivity contribution in [3.63, 3.8) is 0 Å². The fourth-order valence-electron chi connectivity index (χ4n) is 1.07. The fraction of sp³-hybridized carbons (Fsp3) is 0.125. The van der Waals surface area contributed by atoms with Gasteiger partial charge in [-0.05, 0) is 0 Å². The van der Waals surface area contributed by atoms with Crippen LogP contribution in [0.5, 0.6) is 0 Å². The Morgan fingerprint density at radius 2 is 2.46 bits per heavy atom. The fourth-order valence-corrected chi connectivity index (χ4v) is 1.07. The molecule has 0 aromatic carbocycles. The quantitative estimate of drug-likeness (QED) is 0.737. The van der Waals surface area contributed by atoms with E-state index in [2.05, 4.69) is 9.97 Å². The van der Waals surface area contributed by atoms with Gasteiger partial charge in [-0.1, -0.05) is 0 Å². The highest BCUT2D eigenvalue weighted by Gasteiger charge is 2.07. The van der Waals surface area contributed by atoms with Crippen LogP contribution < -0.4 is 0 Å². The minimum atomic E-state index is -0.924.